The highest BCUT2D eigenvalue weighted by Crippen LogP contribution is 2.23. The van der Waals surface area contributed by atoms with Crippen LogP contribution < -0.4 is 0 Å². The van der Waals surface area contributed by atoms with Crippen LogP contribution in [0.1, 0.15) is 5.56 Å². The number of hydrogen-bond donors (Lipinski definition) is 1. The van der Waals surface area contributed by atoms with Gasteiger partial charge >= 0.3 is 0 Å². The van der Waals surface area contributed by atoms with E-state index in [9.17, 15) is 13.5 Å². The molecule has 1 N–H and O–H groups in total. The van der Waals surface area contributed by atoms with Crippen LogP contribution in [0.2, 0.25) is 0 Å². The zero-order chi connectivity index (χ0) is 14.8. The first-order valence-electron chi connectivity index (χ1n) is 6.42. The Kier molecular flexibility index (Phi) is 4.59. The summed E-state index contributed by atoms with van der Waals surface area (Å²) in [5.41, 5.74) is 0.994. The van der Waals surface area contributed by atoms with Crippen molar-refractivity contribution in [3.63, 3.8) is 0 Å². The van der Waals surface area contributed by atoms with E-state index in [0.717, 1.165) is 5.56 Å². The summed E-state index contributed by atoms with van der Waals surface area (Å²) >= 11 is 0. The molecule has 0 saturated carbocycles. The van der Waals surface area contributed by atoms with E-state index < -0.39 is 16.1 Å². The minimum atomic E-state index is -3.64. The van der Waals surface area contributed by atoms with Crippen LogP contribution in [0.15, 0.2) is 41.8 Å². The first kappa shape index (κ1) is 15.2. The van der Waals surface area contributed by atoms with Crippen molar-refractivity contribution >= 4 is 10.0 Å². The molecule has 0 amide bonds. The van der Waals surface area contributed by atoms with Crippen molar-refractivity contribution in [3.05, 3.63) is 42.5 Å². The molecule has 110 valence electrons. The molecule has 1 aliphatic rings. The molecule has 0 bridgehead atoms. The second-order valence-corrected chi connectivity index (χ2v) is 6.72. The number of benzene rings is 1. The van der Waals surface area contributed by atoms with Crippen LogP contribution in [0.3, 0.4) is 0 Å². The van der Waals surface area contributed by atoms with E-state index in [0.29, 0.717) is 0 Å². The Hall–Kier alpha value is -1.21. The van der Waals surface area contributed by atoms with Gasteiger partial charge in [-0.25, -0.2) is 8.42 Å². The fourth-order valence-electron chi connectivity index (χ4n) is 2.12. The van der Waals surface area contributed by atoms with Gasteiger partial charge < -0.3 is 9.84 Å². The first-order chi connectivity index (χ1) is 9.48. The number of aliphatic hydroxyl groups is 1. The third-order valence-electron chi connectivity index (χ3n) is 3.37. The standard InChI is InChI=1S/C14H19NO4S/c1-3-13-8-15(12(9-16)10-19-13)20(17,18)14-6-4-11(2)5-7-14/h3-7,12-13,16H,1,8-10H2,2H3/t12-,13-/m0/s1. The predicted octanol–water partition coefficient (Wildman–Crippen LogP) is 0.931. The summed E-state index contributed by atoms with van der Waals surface area (Å²) in [6.07, 6.45) is 1.23. The van der Waals surface area contributed by atoms with E-state index >= 15 is 0 Å². The Bertz CT molecular complexity index is 567. The van der Waals surface area contributed by atoms with Crippen LogP contribution in [-0.2, 0) is 14.8 Å². The largest absolute Gasteiger partial charge is 0.395 e. The predicted molar refractivity (Wildman–Crippen MR) is 75.9 cm³/mol. The molecule has 2 rings (SSSR count). The van der Waals surface area contributed by atoms with Gasteiger partial charge in [-0.05, 0) is 19.1 Å². The molecule has 6 heteroatoms. The average Bonchev–Trinajstić information content (AvgIpc) is 2.47. The van der Waals surface area contributed by atoms with Crippen molar-refractivity contribution in [1.82, 2.24) is 4.31 Å². The van der Waals surface area contributed by atoms with Crippen molar-refractivity contribution in [1.29, 1.82) is 0 Å². The molecular formula is C14H19NO4S. The van der Waals surface area contributed by atoms with E-state index in [1.54, 1.807) is 30.3 Å². The van der Waals surface area contributed by atoms with Crippen LogP contribution in [0, 0.1) is 6.92 Å². The second kappa shape index (κ2) is 6.05. The quantitative estimate of drug-likeness (QED) is 0.840. The Morgan fingerprint density at radius 2 is 2.10 bits per heavy atom. The number of rotatable bonds is 4. The Morgan fingerprint density at radius 1 is 1.45 bits per heavy atom. The highest BCUT2D eigenvalue weighted by atomic mass is 32.2. The van der Waals surface area contributed by atoms with Gasteiger partial charge in [-0.3, -0.25) is 0 Å². The molecule has 1 aromatic carbocycles. The van der Waals surface area contributed by atoms with Crippen LogP contribution >= 0.6 is 0 Å². The maximum absolute atomic E-state index is 12.7. The van der Waals surface area contributed by atoms with Crippen molar-refractivity contribution in [3.8, 4) is 0 Å². The molecule has 20 heavy (non-hydrogen) atoms. The lowest BCUT2D eigenvalue weighted by Gasteiger charge is -2.36. The lowest BCUT2D eigenvalue weighted by atomic mass is 10.2. The van der Waals surface area contributed by atoms with Crippen molar-refractivity contribution < 1.29 is 18.3 Å². The van der Waals surface area contributed by atoms with Crippen LogP contribution in [-0.4, -0.2) is 49.7 Å². The van der Waals surface area contributed by atoms with Gasteiger partial charge in [0.05, 0.1) is 30.3 Å². The summed E-state index contributed by atoms with van der Waals surface area (Å²) in [7, 11) is -3.64. The zero-order valence-electron chi connectivity index (χ0n) is 11.4. The maximum atomic E-state index is 12.7. The lowest BCUT2D eigenvalue weighted by Crippen LogP contribution is -2.53. The summed E-state index contributed by atoms with van der Waals surface area (Å²) in [5, 5.41) is 9.36. The minimum Gasteiger partial charge on any atom is -0.395 e. The fraction of sp³-hybridized carbons (Fsp3) is 0.429. The minimum absolute atomic E-state index is 0.165. The van der Waals surface area contributed by atoms with E-state index in [1.807, 2.05) is 6.92 Å². The Labute approximate surface area is 119 Å². The van der Waals surface area contributed by atoms with Crippen LogP contribution in [0.5, 0.6) is 0 Å². The Morgan fingerprint density at radius 3 is 2.65 bits per heavy atom. The number of aryl methyl sites for hydroxylation is 1. The van der Waals surface area contributed by atoms with E-state index in [-0.39, 0.29) is 30.8 Å². The van der Waals surface area contributed by atoms with Crippen molar-refractivity contribution in [2.45, 2.75) is 24.0 Å². The van der Waals surface area contributed by atoms with Gasteiger partial charge in [-0.2, -0.15) is 4.31 Å². The summed E-state index contributed by atoms with van der Waals surface area (Å²) in [6.45, 7) is 5.59. The number of ether oxygens (including phenoxy) is 1. The number of aliphatic hydroxyl groups excluding tert-OH is 1. The topological polar surface area (TPSA) is 66.8 Å². The molecule has 1 heterocycles. The SMILES string of the molecule is C=C[C@H]1CN(S(=O)(=O)c2ccc(C)cc2)[C@@H](CO)CO1. The zero-order valence-corrected chi connectivity index (χ0v) is 12.2. The highest BCUT2D eigenvalue weighted by Gasteiger charge is 2.36. The normalized spacial score (nSPS) is 24.5. The van der Waals surface area contributed by atoms with Gasteiger partial charge in [0.1, 0.15) is 0 Å². The Balaban J connectivity index is 2.34. The van der Waals surface area contributed by atoms with Crippen molar-refractivity contribution in [2.75, 3.05) is 19.8 Å². The van der Waals surface area contributed by atoms with Gasteiger partial charge in [-0.15, -0.1) is 6.58 Å². The third-order valence-corrected chi connectivity index (χ3v) is 5.30. The molecule has 1 fully saturated rings. The monoisotopic (exact) mass is 297 g/mol. The molecule has 1 aromatic rings. The summed E-state index contributed by atoms with van der Waals surface area (Å²) in [6, 6.07) is 6.12. The van der Waals surface area contributed by atoms with Crippen LogP contribution in [0.25, 0.3) is 0 Å². The molecule has 1 saturated heterocycles. The van der Waals surface area contributed by atoms with Gasteiger partial charge in [-0.1, -0.05) is 23.8 Å². The summed E-state index contributed by atoms with van der Waals surface area (Å²) in [4.78, 5) is 0.228. The molecular weight excluding hydrogens is 278 g/mol. The maximum Gasteiger partial charge on any atom is 0.243 e. The number of morpholine rings is 1. The smallest absolute Gasteiger partial charge is 0.243 e. The molecule has 0 aliphatic carbocycles. The fourth-order valence-corrected chi connectivity index (χ4v) is 3.74. The van der Waals surface area contributed by atoms with Crippen LogP contribution in [0.4, 0.5) is 0 Å². The molecule has 0 radical (unpaired) electrons. The summed E-state index contributed by atoms with van der Waals surface area (Å²) < 4.78 is 32.0. The molecule has 5 nitrogen and oxygen atoms in total. The van der Waals surface area contributed by atoms with Gasteiger partial charge in [0, 0.05) is 6.54 Å². The number of sulfonamides is 1. The van der Waals surface area contributed by atoms with Crippen molar-refractivity contribution in [2.24, 2.45) is 0 Å². The average molecular weight is 297 g/mol. The highest BCUT2D eigenvalue weighted by molar-refractivity contribution is 7.89. The number of hydrogen-bond acceptors (Lipinski definition) is 4. The molecule has 2 atom stereocenters. The lowest BCUT2D eigenvalue weighted by molar-refractivity contribution is -0.0235. The third kappa shape index (κ3) is 2.93. The van der Waals surface area contributed by atoms with E-state index in [4.69, 9.17) is 4.74 Å². The van der Waals surface area contributed by atoms with E-state index in [1.165, 1.54) is 4.31 Å². The van der Waals surface area contributed by atoms with Gasteiger partial charge in [0.25, 0.3) is 0 Å². The summed E-state index contributed by atoms with van der Waals surface area (Å²) in [5.74, 6) is 0. The molecule has 0 aromatic heterocycles. The van der Waals surface area contributed by atoms with E-state index in [2.05, 4.69) is 6.58 Å². The molecule has 0 spiro atoms. The molecule has 0 unspecified atom stereocenters. The molecule has 1 aliphatic heterocycles. The first-order valence-corrected chi connectivity index (χ1v) is 7.86. The van der Waals surface area contributed by atoms with Gasteiger partial charge in [0.2, 0.25) is 10.0 Å². The second-order valence-electron chi connectivity index (χ2n) is 4.83. The van der Waals surface area contributed by atoms with Gasteiger partial charge in [0.15, 0.2) is 0 Å². The number of nitrogens with zero attached hydrogens (tertiary/aromatic N) is 1.